The molecule has 0 aliphatic heterocycles. The van der Waals surface area contributed by atoms with E-state index in [1.54, 1.807) is 42.5 Å². The number of aliphatic hydroxyl groups excluding tert-OH is 3. The zero-order chi connectivity index (χ0) is 41.0. The highest BCUT2D eigenvalue weighted by Gasteiger charge is 2.23. The van der Waals surface area contributed by atoms with E-state index in [1.165, 1.54) is 76.7 Å². The van der Waals surface area contributed by atoms with Gasteiger partial charge < -0.3 is 34.6 Å². The first-order valence-corrected chi connectivity index (χ1v) is 22.3. The number of allylic oxidation sites excluding steroid dienone is 7. The number of carbonyl (C=O) groups excluding carboxylic acids is 2. The minimum atomic E-state index is -4.84. The number of aliphatic hydroxyl groups is 3. The number of hydrogen-bond donors (Lipinski definition) is 5. The van der Waals surface area contributed by atoms with Gasteiger partial charge in [0, 0.05) is 12.8 Å². The van der Waals surface area contributed by atoms with Crippen LogP contribution in [0.25, 0.3) is 0 Å². The Morgan fingerprint density at radius 2 is 1.13 bits per heavy atom. The first kappa shape index (κ1) is 52.6. The summed E-state index contributed by atoms with van der Waals surface area (Å²) >= 11 is 0. The van der Waals surface area contributed by atoms with Crippen molar-refractivity contribution in [3.63, 3.8) is 0 Å². The van der Waals surface area contributed by atoms with Crippen molar-refractivity contribution in [3.8, 4) is 0 Å². The van der Waals surface area contributed by atoms with Gasteiger partial charge in [-0.05, 0) is 38.0 Å². The van der Waals surface area contributed by atoms with Crippen molar-refractivity contribution in [3.05, 3.63) is 60.8 Å². The van der Waals surface area contributed by atoms with Crippen LogP contribution >= 0.6 is 7.82 Å². The number of hydrogen-bond acceptors (Lipinski definition) is 9. The highest BCUT2D eigenvalue weighted by molar-refractivity contribution is 7.46. The van der Waals surface area contributed by atoms with Gasteiger partial charge in [0.05, 0.1) is 24.9 Å². The first-order chi connectivity index (χ1) is 26.3. The summed E-state index contributed by atoms with van der Waals surface area (Å²) in [6, 6.07) is 0. The standard InChI is InChI=1S/C43H75O11P/c1-4-5-22-29-38(44)30-24-19-16-17-20-25-31-40(45)41(46)32-27-34-42(47)52-35-39(36-53-55(49,50)51)54-43(48)33-26-21-15-13-11-9-7-6-8-10-12-14-18-23-28-37(2)3/h5,16-17,19-20,22,24-25,30-31,37-41,44-46H,4,6-15,18,21,23,26-29,32-36H2,1-3H3,(H2,49,50,51)/b19-16+,20-17-,22-5-,30-24+,31-25-/t38-,39-,40+,41+/m1/s1. The van der Waals surface area contributed by atoms with E-state index in [2.05, 4.69) is 18.4 Å². The minimum absolute atomic E-state index is 0.0893. The fourth-order valence-corrected chi connectivity index (χ4v) is 5.97. The van der Waals surface area contributed by atoms with Crippen LogP contribution in [0.5, 0.6) is 0 Å². The summed E-state index contributed by atoms with van der Waals surface area (Å²) in [5.74, 6) is -0.406. The van der Waals surface area contributed by atoms with Crippen LogP contribution in [0.15, 0.2) is 60.8 Å². The number of rotatable bonds is 36. The van der Waals surface area contributed by atoms with Gasteiger partial charge in [-0.2, -0.15) is 0 Å². The number of phosphoric acid groups is 1. The Kier molecular flexibility index (Phi) is 34.5. The molecule has 0 aromatic heterocycles. The van der Waals surface area contributed by atoms with E-state index in [9.17, 15) is 29.5 Å². The molecule has 318 valence electrons. The fourth-order valence-electron chi connectivity index (χ4n) is 5.60. The molecular formula is C43H75O11P. The maximum absolute atomic E-state index is 12.4. The number of esters is 2. The molecule has 0 amide bonds. The Bertz CT molecular complexity index is 1140. The molecule has 0 aliphatic carbocycles. The molecule has 0 radical (unpaired) electrons. The third-order valence-electron chi connectivity index (χ3n) is 8.82. The molecule has 0 fully saturated rings. The molecule has 0 saturated carbocycles. The zero-order valence-electron chi connectivity index (χ0n) is 34.1. The molecule has 0 rings (SSSR count). The molecular weight excluding hydrogens is 723 g/mol. The number of ether oxygens (including phenoxy) is 2. The lowest BCUT2D eigenvalue weighted by atomic mass is 10.0. The molecule has 0 aromatic rings. The van der Waals surface area contributed by atoms with Crippen molar-refractivity contribution in [1.29, 1.82) is 0 Å². The van der Waals surface area contributed by atoms with E-state index in [1.807, 2.05) is 19.1 Å². The molecule has 0 heterocycles. The van der Waals surface area contributed by atoms with Crippen molar-refractivity contribution >= 4 is 19.8 Å². The molecule has 0 spiro atoms. The van der Waals surface area contributed by atoms with Crippen LogP contribution in [0.1, 0.15) is 156 Å². The molecule has 0 aromatic carbocycles. The SMILES string of the molecule is CC/C=C\C[C@@H](O)/C=C/C=C/C=C\C=C/[C@H](O)[C@@H](O)CCCC(=O)OC[C@H](COP(=O)(O)O)OC(=O)CCCCCCCCCCCCCCCCC(C)C. The third-order valence-corrected chi connectivity index (χ3v) is 9.31. The average Bonchev–Trinajstić information content (AvgIpc) is 3.13. The predicted octanol–water partition coefficient (Wildman–Crippen LogP) is 9.28. The summed E-state index contributed by atoms with van der Waals surface area (Å²) in [5, 5.41) is 30.2. The maximum Gasteiger partial charge on any atom is 0.469 e. The normalized spacial score (nSPS) is 14.9. The van der Waals surface area contributed by atoms with Gasteiger partial charge in [0.1, 0.15) is 6.61 Å². The van der Waals surface area contributed by atoms with Crippen LogP contribution in [0.2, 0.25) is 0 Å². The molecule has 11 nitrogen and oxygen atoms in total. The van der Waals surface area contributed by atoms with E-state index in [0.29, 0.717) is 12.8 Å². The smallest absolute Gasteiger partial charge is 0.462 e. The van der Waals surface area contributed by atoms with E-state index < -0.39 is 57.4 Å². The number of phosphoric ester groups is 1. The maximum atomic E-state index is 12.4. The van der Waals surface area contributed by atoms with Gasteiger partial charge in [-0.15, -0.1) is 0 Å². The Labute approximate surface area is 332 Å². The molecule has 0 bridgehead atoms. The second-order valence-electron chi connectivity index (χ2n) is 14.6. The first-order valence-electron chi connectivity index (χ1n) is 20.8. The van der Waals surface area contributed by atoms with Gasteiger partial charge in [0.2, 0.25) is 0 Å². The van der Waals surface area contributed by atoms with Crippen LogP contribution in [-0.2, 0) is 28.2 Å². The van der Waals surface area contributed by atoms with Gasteiger partial charge in [0.25, 0.3) is 0 Å². The van der Waals surface area contributed by atoms with Gasteiger partial charge in [-0.3, -0.25) is 14.1 Å². The van der Waals surface area contributed by atoms with Gasteiger partial charge in [0.15, 0.2) is 6.10 Å². The highest BCUT2D eigenvalue weighted by atomic mass is 31.2. The summed E-state index contributed by atoms with van der Waals surface area (Å²) in [7, 11) is -4.84. The fraction of sp³-hybridized carbons (Fsp3) is 0.721. The second-order valence-corrected chi connectivity index (χ2v) is 15.9. The van der Waals surface area contributed by atoms with E-state index in [0.717, 1.165) is 31.6 Å². The highest BCUT2D eigenvalue weighted by Crippen LogP contribution is 2.36. The van der Waals surface area contributed by atoms with Crippen LogP contribution in [0.3, 0.4) is 0 Å². The summed E-state index contributed by atoms with van der Waals surface area (Å²) in [6.45, 7) is 5.53. The van der Waals surface area contributed by atoms with Gasteiger partial charge >= 0.3 is 19.8 Å². The van der Waals surface area contributed by atoms with Crippen molar-refractivity contribution in [2.45, 2.75) is 180 Å². The lowest BCUT2D eigenvalue weighted by Gasteiger charge is -2.18. The van der Waals surface area contributed by atoms with E-state index in [-0.39, 0.29) is 25.7 Å². The van der Waals surface area contributed by atoms with E-state index >= 15 is 0 Å². The summed E-state index contributed by atoms with van der Waals surface area (Å²) in [6.07, 6.45) is 33.2. The molecule has 4 atom stereocenters. The van der Waals surface area contributed by atoms with Gasteiger partial charge in [-0.25, -0.2) is 4.57 Å². The summed E-state index contributed by atoms with van der Waals surface area (Å²) in [5.41, 5.74) is 0. The molecule has 0 aliphatic rings. The largest absolute Gasteiger partial charge is 0.469 e. The van der Waals surface area contributed by atoms with E-state index in [4.69, 9.17) is 19.3 Å². The van der Waals surface area contributed by atoms with Crippen molar-refractivity contribution in [2.75, 3.05) is 13.2 Å². The molecule has 0 saturated heterocycles. The number of carbonyl (C=O) groups is 2. The summed E-state index contributed by atoms with van der Waals surface area (Å²) < 4.78 is 26.2. The molecule has 5 N–H and O–H groups in total. The predicted molar refractivity (Wildman–Crippen MR) is 220 cm³/mol. The van der Waals surface area contributed by atoms with Crippen molar-refractivity contribution in [1.82, 2.24) is 0 Å². The van der Waals surface area contributed by atoms with Crippen molar-refractivity contribution in [2.24, 2.45) is 5.92 Å². The molecule has 0 unspecified atom stereocenters. The number of unbranched alkanes of at least 4 members (excludes halogenated alkanes) is 13. The van der Waals surface area contributed by atoms with Gasteiger partial charge in [-0.1, -0.05) is 171 Å². The van der Waals surface area contributed by atoms with Crippen LogP contribution < -0.4 is 0 Å². The Morgan fingerprint density at radius 1 is 0.618 bits per heavy atom. The summed E-state index contributed by atoms with van der Waals surface area (Å²) in [4.78, 5) is 42.9. The topological polar surface area (TPSA) is 180 Å². The zero-order valence-corrected chi connectivity index (χ0v) is 35.0. The average molecular weight is 799 g/mol. The monoisotopic (exact) mass is 799 g/mol. The second kappa shape index (κ2) is 36.0. The quantitative estimate of drug-likeness (QED) is 0.0134. The van der Waals surface area contributed by atoms with Crippen molar-refractivity contribution < 1.29 is 53.3 Å². The van der Waals surface area contributed by atoms with Crippen LogP contribution in [0, 0.1) is 5.92 Å². The minimum Gasteiger partial charge on any atom is -0.462 e. The van der Waals surface area contributed by atoms with Crippen LogP contribution in [-0.4, -0.2) is 74.7 Å². The van der Waals surface area contributed by atoms with Crippen LogP contribution in [0.4, 0.5) is 0 Å². The Morgan fingerprint density at radius 3 is 1.67 bits per heavy atom. The molecule has 55 heavy (non-hydrogen) atoms. The lowest BCUT2D eigenvalue weighted by molar-refractivity contribution is -0.161. The third kappa shape index (κ3) is 38.3. The lowest BCUT2D eigenvalue weighted by Crippen LogP contribution is -2.29. The Balaban J connectivity index is 4.25. The Hall–Kier alpha value is -2.37. The molecule has 12 heteroatoms.